The molecule has 0 radical (unpaired) electrons. The number of benzene rings is 1. The van der Waals surface area contributed by atoms with E-state index in [0.717, 1.165) is 49.2 Å². The highest BCUT2D eigenvalue weighted by atomic mass is 16.5. The van der Waals surface area contributed by atoms with Crippen LogP contribution in [-0.2, 0) is 24.3 Å². The molecule has 9 nitrogen and oxygen atoms in total. The Morgan fingerprint density at radius 3 is 2.76 bits per heavy atom. The maximum Gasteiger partial charge on any atom is 0.311 e. The molecule has 3 N–H and O–H groups in total. The van der Waals surface area contributed by atoms with Gasteiger partial charge in [-0.3, -0.25) is 4.79 Å². The van der Waals surface area contributed by atoms with Crippen molar-refractivity contribution in [2.45, 2.75) is 70.6 Å². The minimum Gasteiger partial charge on any atom is -0.494 e. The molecule has 0 saturated heterocycles. The largest absolute Gasteiger partial charge is 0.494 e. The second-order valence-corrected chi connectivity index (χ2v) is 10.5. The SMILES string of the molecule is CCOc1cc(CNCC23CC4CC(CC(O)(C4)C2)C3)ccc1Cn1nnnc1CC(=O)O. The van der Waals surface area contributed by atoms with E-state index in [1.165, 1.54) is 23.9 Å². The van der Waals surface area contributed by atoms with Crippen LogP contribution in [0.25, 0.3) is 0 Å². The van der Waals surface area contributed by atoms with Crippen LogP contribution in [0.2, 0.25) is 0 Å². The van der Waals surface area contributed by atoms with Crippen molar-refractivity contribution in [3.05, 3.63) is 35.2 Å². The van der Waals surface area contributed by atoms with Crippen molar-refractivity contribution in [2.24, 2.45) is 17.3 Å². The van der Waals surface area contributed by atoms with Gasteiger partial charge in [-0.1, -0.05) is 12.1 Å². The Morgan fingerprint density at radius 1 is 1.27 bits per heavy atom. The molecule has 0 aliphatic heterocycles. The van der Waals surface area contributed by atoms with Crippen LogP contribution in [0, 0.1) is 17.3 Å². The Morgan fingerprint density at radius 2 is 2.06 bits per heavy atom. The zero-order valence-corrected chi connectivity index (χ0v) is 19.2. The first-order valence-electron chi connectivity index (χ1n) is 12.0. The molecule has 33 heavy (non-hydrogen) atoms. The molecule has 1 aromatic carbocycles. The fraction of sp³-hybridized carbons (Fsp3) is 0.667. The number of carboxylic acids is 1. The number of ether oxygens (including phenoxy) is 1. The van der Waals surface area contributed by atoms with Crippen LogP contribution in [0.1, 0.15) is 62.4 Å². The van der Waals surface area contributed by atoms with E-state index in [0.29, 0.717) is 30.8 Å². The zero-order chi connectivity index (χ0) is 23.1. The van der Waals surface area contributed by atoms with Gasteiger partial charge in [0, 0.05) is 18.7 Å². The molecule has 2 atom stereocenters. The lowest BCUT2D eigenvalue weighted by atomic mass is 9.48. The number of hydrogen-bond acceptors (Lipinski definition) is 7. The van der Waals surface area contributed by atoms with E-state index in [4.69, 9.17) is 9.84 Å². The van der Waals surface area contributed by atoms with E-state index in [1.54, 1.807) is 0 Å². The van der Waals surface area contributed by atoms with Gasteiger partial charge in [0.05, 0.1) is 18.8 Å². The van der Waals surface area contributed by atoms with Crippen LogP contribution in [0.15, 0.2) is 18.2 Å². The van der Waals surface area contributed by atoms with Gasteiger partial charge in [0.15, 0.2) is 5.82 Å². The Kier molecular flexibility index (Phi) is 5.86. The molecular weight excluding hydrogens is 422 g/mol. The maximum absolute atomic E-state index is 11.0. The topological polar surface area (TPSA) is 122 Å². The van der Waals surface area contributed by atoms with Crippen molar-refractivity contribution in [3.8, 4) is 5.75 Å². The molecule has 4 aliphatic carbocycles. The van der Waals surface area contributed by atoms with Gasteiger partial charge in [0.1, 0.15) is 12.2 Å². The normalized spacial score (nSPS) is 30.0. The van der Waals surface area contributed by atoms with Crippen LogP contribution in [0.5, 0.6) is 5.75 Å². The van der Waals surface area contributed by atoms with Gasteiger partial charge in [-0.25, -0.2) is 4.68 Å². The van der Waals surface area contributed by atoms with Gasteiger partial charge in [0.25, 0.3) is 0 Å². The molecule has 1 heterocycles. The molecule has 4 aliphatic rings. The number of rotatable bonds is 10. The highest BCUT2D eigenvalue weighted by molar-refractivity contribution is 5.68. The van der Waals surface area contributed by atoms with Gasteiger partial charge >= 0.3 is 5.97 Å². The molecule has 0 amide bonds. The number of aromatic nitrogens is 4. The quantitative estimate of drug-likeness (QED) is 0.498. The smallest absolute Gasteiger partial charge is 0.311 e. The minimum absolute atomic E-state index is 0.225. The predicted molar refractivity (Wildman–Crippen MR) is 120 cm³/mol. The maximum atomic E-state index is 11.0. The fourth-order valence-corrected chi connectivity index (χ4v) is 6.98. The van der Waals surface area contributed by atoms with E-state index in [9.17, 15) is 9.90 Å². The van der Waals surface area contributed by atoms with Gasteiger partial charge in [-0.05, 0) is 84.8 Å². The highest BCUT2D eigenvalue weighted by Gasteiger charge is 2.56. The molecule has 9 heteroatoms. The standard InChI is InChI=1S/C24H33N5O4/c1-2-33-20-6-16(3-4-19(20)13-29-21(7-22(30)31)26-27-28-29)12-25-15-23-8-17-5-18(9-23)11-24(32,10-17)14-23/h3-4,6,17-18,25,32H,2,5,7-15H2,1H3,(H,30,31). The van der Waals surface area contributed by atoms with E-state index in [-0.39, 0.29) is 11.8 Å². The number of carbonyl (C=O) groups is 1. The summed E-state index contributed by atoms with van der Waals surface area (Å²) in [4.78, 5) is 11.0. The van der Waals surface area contributed by atoms with Crippen LogP contribution < -0.4 is 10.1 Å². The number of nitrogens with zero attached hydrogens (tertiary/aromatic N) is 4. The van der Waals surface area contributed by atoms with Crippen LogP contribution in [0.4, 0.5) is 0 Å². The molecule has 2 unspecified atom stereocenters. The van der Waals surface area contributed by atoms with E-state index in [1.807, 2.05) is 19.1 Å². The molecule has 0 spiro atoms. The Hall–Kier alpha value is -2.52. The molecular formula is C24H33N5O4. The van der Waals surface area contributed by atoms with Crippen molar-refractivity contribution in [2.75, 3.05) is 13.2 Å². The minimum atomic E-state index is -0.969. The summed E-state index contributed by atoms with van der Waals surface area (Å²) in [5, 5.41) is 35.1. The lowest BCUT2D eigenvalue weighted by Crippen LogP contribution is -2.58. The van der Waals surface area contributed by atoms with Crippen molar-refractivity contribution in [3.63, 3.8) is 0 Å². The first-order chi connectivity index (χ1) is 15.9. The number of aliphatic hydroxyl groups is 1. The highest BCUT2D eigenvalue weighted by Crippen LogP contribution is 2.61. The molecule has 4 bridgehead atoms. The predicted octanol–water partition coefficient (Wildman–Crippen LogP) is 2.17. The van der Waals surface area contributed by atoms with Crippen LogP contribution in [0.3, 0.4) is 0 Å². The number of carboxylic acid groups (broad SMARTS) is 1. The van der Waals surface area contributed by atoms with Crippen LogP contribution >= 0.6 is 0 Å². The number of nitrogens with one attached hydrogen (secondary N) is 1. The first kappa shape index (κ1) is 22.3. The van der Waals surface area contributed by atoms with Gasteiger partial charge in [-0.15, -0.1) is 5.10 Å². The van der Waals surface area contributed by atoms with Crippen molar-refractivity contribution in [1.29, 1.82) is 0 Å². The summed E-state index contributed by atoms with van der Waals surface area (Å²) in [7, 11) is 0. The molecule has 4 saturated carbocycles. The lowest BCUT2D eigenvalue weighted by molar-refractivity contribution is -0.162. The van der Waals surface area contributed by atoms with Gasteiger partial charge in [-0.2, -0.15) is 0 Å². The molecule has 6 rings (SSSR count). The number of aliphatic carboxylic acids is 1. The lowest BCUT2D eigenvalue weighted by Gasteiger charge is -2.60. The van der Waals surface area contributed by atoms with Gasteiger partial charge in [0.2, 0.25) is 0 Å². The summed E-state index contributed by atoms with van der Waals surface area (Å²) in [6.07, 6.45) is 6.50. The summed E-state index contributed by atoms with van der Waals surface area (Å²) in [5.74, 6) is 1.49. The monoisotopic (exact) mass is 455 g/mol. The Balaban J connectivity index is 1.24. The Labute approximate surface area is 193 Å². The summed E-state index contributed by atoms with van der Waals surface area (Å²) < 4.78 is 7.38. The van der Waals surface area contributed by atoms with E-state index >= 15 is 0 Å². The molecule has 1 aromatic heterocycles. The third-order valence-corrected chi connectivity index (χ3v) is 7.65. The first-order valence-corrected chi connectivity index (χ1v) is 12.0. The summed E-state index contributed by atoms with van der Waals surface area (Å²) in [5.41, 5.74) is 1.85. The summed E-state index contributed by atoms with van der Waals surface area (Å²) >= 11 is 0. The van der Waals surface area contributed by atoms with Crippen molar-refractivity contribution >= 4 is 5.97 Å². The van der Waals surface area contributed by atoms with Gasteiger partial charge < -0.3 is 20.3 Å². The third-order valence-electron chi connectivity index (χ3n) is 7.65. The van der Waals surface area contributed by atoms with Crippen molar-refractivity contribution in [1.82, 2.24) is 25.5 Å². The fourth-order valence-electron chi connectivity index (χ4n) is 6.98. The third kappa shape index (κ3) is 4.75. The second kappa shape index (κ2) is 8.68. The summed E-state index contributed by atoms with van der Waals surface area (Å²) in [6, 6.07) is 6.11. The summed E-state index contributed by atoms with van der Waals surface area (Å²) in [6.45, 7) is 4.51. The average molecular weight is 456 g/mol. The molecule has 4 fully saturated rings. The Bertz CT molecular complexity index is 1010. The molecule has 178 valence electrons. The number of hydrogen-bond donors (Lipinski definition) is 3. The van der Waals surface area contributed by atoms with E-state index < -0.39 is 11.6 Å². The number of tetrazole rings is 1. The van der Waals surface area contributed by atoms with Crippen LogP contribution in [-0.4, -0.2) is 55.1 Å². The average Bonchev–Trinajstić information content (AvgIpc) is 3.14. The second-order valence-electron chi connectivity index (χ2n) is 10.5. The molecule has 2 aromatic rings. The van der Waals surface area contributed by atoms with Crippen molar-refractivity contribution < 1.29 is 19.7 Å². The zero-order valence-electron chi connectivity index (χ0n) is 19.2. The van der Waals surface area contributed by atoms with E-state index in [2.05, 4.69) is 26.9 Å².